The lowest BCUT2D eigenvalue weighted by atomic mass is 9.99. The Morgan fingerprint density at radius 3 is 3.04 bits per heavy atom. The van der Waals surface area contributed by atoms with Gasteiger partial charge < -0.3 is 14.1 Å². The van der Waals surface area contributed by atoms with Crippen molar-refractivity contribution < 1.29 is 13.9 Å². The topological polar surface area (TPSA) is 45.9 Å². The summed E-state index contributed by atoms with van der Waals surface area (Å²) in [6.07, 6.45) is 2.65. The third-order valence-corrected chi connectivity index (χ3v) is 4.32. The second-order valence-corrected chi connectivity index (χ2v) is 6.46. The van der Waals surface area contributed by atoms with Crippen LogP contribution in [0.25, 0.3) is 11.0 Å². The van der Waals surface area contributed by atoms with Gasteiger partial charge in [-0.25, -0.2) is 0 Å². The number of carbonyl (C=O) groups excluding carboxylic acids is 1. The minimum absolute atomic E-state index is 0.141. The lowest BCUT2D eigenvalue weighted by molar-refractivity contribution is -0.129. The number of furan rings is 1. The zero-order chi connectivity index (χ0) is 16.2. The Hall–Kier alpha value is -1.85. The molecule has 1 atom stereocenters. The number of ether oxygens (including phenoxy) is 1. The maximum Gasteiger partial charge on any atom is 0.236 e. The van der Waals surface area contributed by atoms with Crippen LogP contribution in [0, 0.1) is 5.92 Å². The van der Waals surface area contributed by atoms with Gasteiger partial charge in [-0.3, -0.25) is 9.69 Å². The highest BCUT2D eigenvalue weighted by Crippen LogP contribution is 2.20. The minimum Gasteiger partial charge on any atom is -0.464 e. The fourth-order valence-corrected chi connectivity index (χ4v) is 3.01. The highest BCUT2D eigenvalue weighted by Gasteiger charge is 2.21. The molecule has 5 nitrogen and oxygen atoms in total. The fourth-order valence-electron chi connectivity index (χ4n) is 3.01. The van der Waals surface area contributed by atoms with Crippen LogP contribution >= 0.6 is 0 Å². The predicted octanol–water partition coefficient (Wildman–Crippen LogP) is 2.01. The smallest absolute Gasteiger partial charge is 0.236 e. The Bertz CT molecular complexity index is 665. The van der Waals surface area contributed by atoms with E-state index in [1.165, 1.54) is 5.56 Å². The molecular formula is C18H24N2O3. The van der Waals surface area contributed by atoms with E-state index < -0.39 is 0 Å². The first-order valence-electron chi connectivity index (χ1n) is 8.08. The van der Waals surface area contributed by atoms with Gasteiger partial charge in [0.15, 0.2) is 0 Å². The van der Waals surface area contributed by atoms with Crippen molar-refractivity contribution in [3.63, 3.8) is 0 Å². The van der Waals surface area contributed by atoms with Crippen LogP contribution in [0.4, 0.5) is 0 Å². The fraction of sp³-hybridized carbons (Fsp3) is 0.500. The maximum absolute atomic E-state index is 11.9. The van der Waals surface area contributed by atoms with E-state index in [-0.39, 0.29) is 5.91 Å². The average Bonchev–Trinajstić information content (AvgIpc) is 2.87. The van der Waals surface area contributed by atoms with Crippen LogP contribution < -0.4 is 0 Å². The van der Waals surface area contributed by atoms with Crippen molar-refractivity contribution in [1.29, 1.82) is 0 Å². The van der Waals surface area contributed by atoms with E-state index in [1.54, 1.807) is 25.3 Å². The van der Waals surface area contributed by atoms with Gasteiger partial charge in [0, 0.05) is 32.6 Å². The predicted molar refractivity (Wildman–Crippen MR) is 89.4 cm³/mol. The van der Waals surface area contributed by atoms with Crippen molar-refractivity contribution >= 4 is 16.9 Å². The molecule has 0 radical (unpaired) electrons. The van der Waals surface area contributed by atoms with Gasteiger partial charge in [-0.2, -0.15) is 0 Å². The van der Waals surface area contributed by atoms with E-state index in [0.717, 1.165) is 37.1 Å². The summed E-state index contributed by atoms with van der Waals surface area (Å²) in [5.41, 5.74) is 2.18. The summed E-state index contributed by atoms with van der Waals surface area (Å²) in [7, 11) is 3.60. The van der Waals surface area contributed by atoms with Crippen LogP contribution in [-0.4, -0.2) is 62.7 Å². The lowest BCUT2D eigenvalue weighted by Crippen LogP contribution is -2.39. The van der Waals surface area contributed by atoms with E-state index in [1.807, 2.05) is 6.07 Å². The molecule has 2 heterocycles. The molecule has 1 aliphatic heterocycles. The Balaban J connectivity index is 1.64. The van der Waals surface area contributed by atoms with Crippen molar-refractivity contribution in [1.82, 2.24) is 9.80 Å². The van der Waals surface area contributed by atoms with Gasteiger partial charge in [0.05, 0.1) is 26.0 Å². The summed E-state index contributed by atoms with van der Waals surface area (Å²) >= 11 is 0. The molecule has 1 unspecified atom stereocenters. The number of carbonyl (C=O) groups is 1. The van der Waals surface area contributed by atoms with Crippen LogP contribution in [0.5, 0.6) is 0 Å². The molecule has 124 valence electrons. The van der Waals surface area contributed by atoms with E-state index in [4.69, 9.17) is 9.15 Å². The first-order chi connectivity index (χ1) is 11.1. The largest absolute Gasteiger partial charge is 0.464 e. The second kappa shape index (κ2) is 7.15. The molecule has 1 fully saturated rings. The van der Waals surface area contributed by atoms with Gasteiger partial charge in [-0.1, -0.05) is 12.1 Å². The highest BCUT2D eigenvalue weighted by atomic mass is 16.5. The van der Waals surface area contributed by atoms with Crippen molar-refractivity contribution in [2.45, 2.75) is 6.42 Å². The van der Waals surface area contributed by atoms with Crippen molar-refractivity contribution in [3.8, 4) is 0 Å². The number of rotatable bonds is 4. The Morgan fingerprint density at radius 1 is 1.35 bits per heavy atom. The van der Waals surface area contributed by atoms with Crippen LogP contribution in [0.1, 0.15) is 5.56 Å². The number of likely N-dealkylation sites (N-methyl/N-ethyl adjacent to an activating group) is 1. The Labute approximate surface area is 136 Å². The third kappa shape index (κ3) is 4.12. The molecule has 3 rings (SSSR count). The molecule has 2 aromatic rings. The quantitative estimate of drug-likeness (QED) is 0.866. The molecule has 1 amide bonds. The number of amides is 1. The van der Waals surface area contributed by atoms with Gasteiger partial charge in [0.25, 0.3) is 0 Å². The van der Waals surface area contributed by atoms with Gasteiger partial charge in [-0.05, 0) is 30.0 Å². The summed E-state index contributed by atoms with van der Waals surface area (Å²) in [6, 6.07) is 8.33. The van der Waals surface area contributed by atoms with Gasteiger partial charge in [-0.15, -0.1) is 0 Å². The van der Waals surface area contributed by atoms with Gasteiger partial charge in [0.1, 0.15) is 5.58 Å². The van der Waals surface area contributed by atoms with Crippen LogP contribution in [0.2, 0.25) is 0 Å². The van der Waals surface area contributed by atoms with Crippen molar-refractivity contribution in [2.75, 3.05) is 46.9 Å². The first kappa shape index (κ1) is 16.0. The van der Waals surface area contributed by atoms with Crippen molar-refractivity contribution in [3.05, 3.63) is 36.1 Å². The Kier molecular flexibility index (Phi) is 4.98. The second-order valence-electron chi connectivity index (χ2n) is 6.46. The molecule has 0 N–H and O–H groups in total. The molecule has 0 spiro atoms. The zero-order valence-corrected chi connectivity index (χ0v) is 13.8. The third-order valence-electron chi connectivity index (χ3n) is 4.32. The van der Waals surface area contributed by atoms with E-state index in [0.29, 0.717) is 19.1 Å². The maximum atomic E-state index is 11.9. The van der Waals surface area contributed by atoms with Crippen molar-refractivity contribution in [2.24, 2.45) is 5.92 Å². The molecule has 1 aromatic carbocycles. The minimum atomic E-state index is 0.141. The standard InChI is InChI=1S/C18H24N2O3/c1-19(2)18(21)12-20-6-8-22-13-15(11-20)9-14-3-4-16-5-7-23-17(16)10-14/h3-5,7,10,15H,6,8-9,11-13H2,1-2H3. The van der Waals surface area contributed by atoms with Crippen LogP contribution in [-0.2, 0) is 16.0 Å². The van der Waals surface area contributed by atoms with Gasteiger partial charge >= 0.3 is 0 Å². The first-order valence-corrected chi connectivity index (χ1v) is 8.08. The highest BCUT2D eigenvalue weighted by molar-refractivity contribution is 5.78. The van der Waals surface area contributed by atoms with E-state index in [2.05, 4.69) is 23.1 Å². The molecule has 1 aromatic heterocycles. The molecular weight excluding hydrogens is 292 g/mol. The molecule has 1 saturated heterocycles. The van der Waals surface area contributed by atoms with Gasteiger partial charge in [0.2, 0.25) is 5.91 Å². The van der Waals surface area contributed by atoms with Crippen LogP contribution in [0.15, 0.2) is 34.9 Å². The number of hydrogen-bond acceptors (Lipinski definition) is 4. The summed E-state index contributed by atoms with van der Waals surface area (Å²) in [5, 5.41) is 1.13. The summed E-state index contributed by atoms with van der Waals surface area (Å²) in [4.78, 5) is 15.8. The zero-order valence-electron chi connectivity index (χ0n) is 13.8. The molecule has 1 aliphatic rings. The molecule has 0 aliphatic carbocycles. The SMILES string of the molecule is CN(C)C(=O)CN1CCOCC(Cc2ccc3ccoc3c2)C1. The average molecular weight is 316 g/mol. The van der Waals surface area contributed by atoms with Crippen LogP contribution in [0.3, 0.4) is 0 Å². The Morgan fingerprint density at radius 2 is 2.22 bits per heavy atom. The normalized spacial score (nSPS) is 19.7. The molecule has 23 heavy (non-hydrogen) atoms. The number of hydrogen-bond donors (Lipinski definition) is 0. The number of fused-ring (bicyclic) bond motifs is 1. The lowest BCUT2D eigenvalue weighted by Gasteiger charge is -2.24. The molecule has 0 bridgehead atoms. The summed E-state index contributed by atoms with van der Waals surface area (Å²) in [6.45, 7) is 3.59. The summed E-state index contributed by atoms with van der Waals surface area (Å²) < 4.78 is 11.2. The molecule has 0 saturated carbocycles. The number of benzene rings is 1. The molecule has 5 heteroatoms. The number of nitrogens with zero attached hydrogens (tertiary/aromatic N) is 2. The van der Waals surface area contributed by atoms with E-state index in [9.17, 15) is 4.79 Å². The van der Waals surface area contributed by atoms with E-state index >= 15 is 0 Å². The summed E-state index contributed by atoms with van der Waals surface area (Å²) in [5.74, 6) is 0.530. The monoisotopic (exact) mass is 316 g/mol.